The maximum atomic E-state index is 9.48. The molecule has 0 amide bonds. The molecule has 1 aliphatic carbocycles. The van der Waals surface area contributed by atoms with Gasteiger partial charge in [-0.2, -0.15) is 0 Å². The van der Waals surface area contributed by atoms with Crippen LogP contribution in [0.5, 0.6) is 0 Å². The molecule has 94 valence electrons. The van der Waals surface area contributed by atoms with Crippen molar-refractivity contribution < 1.29 is 9.84 Å². The zero-order valence-corrected chi connectivity index (χ0v) is 10.7. The summed E-state index contributed by atoms with van der Waals surface area (Å²) < 4.78 is 4.88. The molecule has 0 aliphatic heterocycles. The summed E-state index contributed by atoms with van der Waals surface area (Å²) in [5, 5.41) is 12.8. The molecule has 1 rings (SSSR count). The van der Waals surface area contributed by atoms with Gasteiger partial charge in [-0.1, -0.05) is 18.6 Å². The minimum Gasteiger partial charge on any atom is -0.389 e. The molecule has 0 aromatic rings. The van der Waals surface area contributed by atoms with Crippen LogP contribution in [-0.4, -0.2) is 38.0 Å². The van der Waals surface area contributed by atoms with Crippen molar-refractivity contribution >= 4 is 0 Å². The Kier molecular flexibility index (Phi) is 6.03. The third-order valence-corrected chi connectivity index (χ3v) is 3.06. The first-order chi connectivity index (χ1) is 7.61. The summed E-state index contributed by atoms with van der Waals surface area (Å²) >= 11 is 0. The number of nitrogens with one attached hydrogen (secondary N) is 1. The molecule has 0 aromatic heterocycles. The van der Waals surface area contributed by atoms with Crippen LogP contribution in [0.2, 0.25) is 0 Å². The van der Waals surface area contributed by atoms with E-state index in [4.69, 9.17) is 4.74 Å². The van der Waals surface area contributed by atoms with Crippen molar-refractivity contribution in [1.29, 1.82) is 0 Å². The van der Waals surface area contributed by atoms with Crippen LogP contribution in [0.15, 0.2) is 11.6 Å². The van der Waals surface area contributed by atoms with Gasteiger partial charge in [0.15, 0.2) is 0 Å². The Morgan fingerprint density at radius 1 is 1.62 bits per heavy atom. The number of aliphatic hydroxyl groups excluding tert-OH is 1. The topological polar surface area (TPSA) is 41.5 Å². The maximum absolute atomic E-state index is 9.48. The molecule has 0 fully saturated rings. The molecule has 3 nitrogen and oxygen atoms in total. The van der Waals surface area contributed by atoms with Crippen LogP contribution in [0.25, 0.3) is 0 Å². The molecule has 3 unspecified atom stereocenters. The largest absolute Gasteiger partial charge is 0.389 e. The zero-order chi connectivity index (χ0) is 12.0. The second-order valence-corrected chi connectivity index (χ2v) is 5.06. The van der Waals surface area contributed by atoms with Crippen molar-refractivity contribution in [3.63, 3.8) is 0 Å². The predicted octanol–water partition coefficient (Wildman–Crippen LogP) is 1.58. The molecule has 0 spiro atoms. The van der Waals surface area contributed by atoms with E-state index >= 15 is 0 Å². The number of allylic oxidation sites excluding steroid dienone is 2. The first kappa shape index (κ1) is 13.7. The SMILES string of the molecule is COCC(O)CNCC1CC(C)=CC(C)C1. The summed E-state index contributed by atoms with van der Waals surface area (Å²) in [6, 6.07) is 0. The van der Waals surface area contributed by atoms with Crippen LogP contribution < -0.4 is 5.32 Å². The van der Waals surface area contributed by atoms with Gasteiger partial charge in [-0.15, -0.1) is 0 Å². The minimum atomic E-state index is -0.386. The number of hydrogen-bond acceptors (Lipinski definition) is 3. The van der Waals surface area contributed by atoms with E-state index in [1.54, 1.807) is 7.11 Å². The summed E-state index contributed by atoms with van der Waals surface area (Å²) in [5.41, 5.74) is 1.50. The lowest BCUT2D eigenvalue weighted by molar-refractivity contribution is 0.0638. The van der Waals surface area contributed by atoms with E-state index in [1.807, 2.05) is 0 Å². The average Bonchev–Trinajstić information content (AvgIpc) is 2.16. The molecule has 16 heavy (non-hydrogen) atoms. The smallest absolute Gasteiger partial charge is 0.0897 e. The van der Waals surface area contributed by atoms with Gasteiger partial charge in [0.25, 0.3) is 0 Å². The predicted molar refractivity (Wildman–Crippen MR) is 66.4 cm³/mol. The molecule has 1 aliphatic rings. The second-order valence-electron chi connectivity index (χ2n) is 5.06. The lowest BCUT2D eigenvalue weighted by Gasteiger charge is -2.26. The van der Waals surface area contributed by atoms with Crippen LogP contribution in [0.1, 0.15) is 26.7 Å². The van der Waals surface area contributed by atoms with Crippen molar-refractivity contribution in [3.05, 3.63) is 11.6 Å². The molecule has 3 heteroatoms. The first-order valence-electron chi connectivity index (χ1n) is 6.16. The summed E-state index contributed by atoms with van der Waals surface area (Å²) in [4.78, 5) is 0. The lowest BCUT2D eigenvalue weighted by atomic mass is 9.84. The molecular formula is C13H25NO2. The molecule has 0 saturated heterocycles. The summed E-state index contributed by atoms with van der Waals surface area (Å²) in [5.74, 6) is 1.42. The lowest BCUT2D eigenvalue weighted by Crippen LogP contribution is -2.34. The van der Waals surface area contributed by atoms with E-state index in [0.29, 0.717) is 19.1 Å². The highest BCUT2D eigenvalue weighted by atomic mass is 16.5. The van der Waals surface area contributed by atoms with Crippen molar-refractivity contribution in [2.75, 3.05) is 26.8 Å². The van der Waals surface area contributed by atoms with Crippen molar-refractivity contribution in [2.45, 2.75) is 32.8 Å². The summed E-state index contributed by atoms with van der Waals surface area (Å²) in [6.07, 6.45) is 4.43. The number of methoxy groups -OCH3 is 1. The van der Waals surface area contributed by atoms with Gasteiger partial charge in [-0.05, 0) is 38.1 Å². The minimum absolute atomic E-state index is 0.386. The molecule has 2 N–H and O–H groups in total. The van der Waals surface area contributed by atoms with Gasteiger partial charge in [-0.3, -0.25) is 0 Å². The van der Waals surface area contributed by atoms with E-state index < -0.39 is 0 Å². The first-order valence-corrected chi connectivity index (χ1v) is 6.16. The zero-order valence-electron chi connectivity index (χ0n) is 10.7. The third-order valence-electron chi connectivity index (χ3n) is 3.06. The fourth-order valence-corrected chi connectivity index (χ4v) is 2.55. The Morgan fingerprint density at radius 3 is 3.00 bits per heavy atom. The van der Waals surface area contributed by atoms with E-state index in [0.717, 1.165) is 12.5 Å². The van der Waals surface area contributed by atoms with Gasteiger partial charge < -0.3 is 15.2 Å². The number of rotatable bonds is 6. The van der Waals surface area contributed by atoms with Gasteiger partial charge in [0.05, 0.1) is 12.7 Å². The van der Waals surface area contributed by atoms with Crippen molar-refractivity contribution in [3.8, 4) is 0 Å². The van der Waals surface area contributed by atoms with Crippen LogP contribution in [0.3, 0.4) is 0 Å². The molecule has 0 aromatic carbocycles. The van der Waals surface area contributed by atoms with Gasteiger partial charge in [0.2, 0.25) is 0 Å². The highest BCUT2D eigenvalue weighted by molar-refractivity contribution is 5.06. The second kappa shape index (κ2) is 7.05. The Bertz CT molecular complexity index is 228. The Hall–Kier alpha value is -0.380. The molecular weight excluding hydrogens is 202 g/mol. The van der Waals surface area contributed by atoms with E-state index in [2.05, 4.69) is 25.2 Å². The highest BCUT2D eigenvalue weighted by Gasteiger charge is 2.17. The molecule has 3 atom stereocenters. The third kappa shape index (κ3) is 5.10. The van der Waals surface area contributed by atoms with E-state index in [1.165, 1.54) is 18.4 Å². The molecule has 0 saturated carbocycles. The Balaban J connectivity index is 2.16. The summed E-state index contributed by atoms with van der Waals surface area (Å²) in [7, 11) is 1.61. The highest BCUT2D eigenvalue weighted by Crippen LogP contribution is 2.27. The normalized spacial score (nSPS) is 27.6. The Morgan fingerprint density at radius 2 is 2.38 bits per heavy atom. The quantitative estimate of drug-likeness (QED) is 0.677. The van der Waals surface area contributed by atoms with Crippen LogP contribution >= 0.6 is 0 Å². The van der Waals surface area contributed by atoms with Crippen LogP contribution in [0, 0.1) is 11.8 Å². The van der Waals surface area contributed by atoms with Crippen molar-refractivity contribution in [1.82, 2.24) is 5.32 Å². The number of ether oxygens (including phenoxy) is 1. The van der Waals surface area contributed by atoms with E-state index in [9.17, 15) is 5.11 Å². The number of aliphatic hydroxyl groups is 1. The molecule has 0 bridgehead atoms. The standard InChI is InChI=1S/C13H25NO2/c1-10-4-11(2)6-12(5-10)7-14-8-13(15)9-16-3/h4,10,12-15H,5-9H2,1-3H3. The average molecular weight is 227 g/mol. The van der Waals surface area contributed by atoms with Crippen LogP contribution in [-0.2, 0) is 4.74 Å². The number of hydrogen-bond donors (Lipinski definition) is 2. The van der Waals surface area contributed by atoms with Gasteiger partial charge in [0.1, 0.15) is 0 Å². The fourth-order valence-electron chi connectivity index (χ4n) is 2.55. The summed E-state index contributed by atoms with van der Waals surface area (Å²) in [6.45, 7) is 6.52. The van der Waals surface area contributed by atoms with Crippen molar-refractivity contribution in [2.24, 2.45) is 11.8 Å². The fraction of sp³-hybridized carbons (Fsp3) is 0.846. The van der Waals surface area contributed by atoms with Crippen LogP contribution in [0.4, 0.5) is 0 Å². The maximum Gasteiger partial charge on any atom is 0.0897 e. The Labute approximate surface area is 98.9 Å². The molecule has 0 heterocycles. The molecule has 0 radical (unpaired) electrons. The van der Waals surface area contributed by atoms with E-state index in [-0.39, 0.29) is 6.10 Å². The van der Waals surface area contributed by atoms with Gasteiger partial charge in [-0.25, -0.2) is 0 Å². The monoisotopic (exact) mass is 227 g/mol. The van der Waals surface area contributed by atoms with Gasteiger partial charge in [0, 0.05) is 13.7 Å². The van der Waals surface area contributed by atoms with Gasteiger partial charge >= 0.3 is 0 Å².